The number of nitrogens with zero attached hydrogens (tertiary/aromatic N) is 2. The van der Waals surface area contributed by atoms with Gasteiger partial charge in [0.2, 0.25) is 5.91 Å². The topological polar surface area (TPSA) is 49.9 Å². The molecule has 0 aliphatic carbocycles. The quantitative estimate of drug-likeness (QED) is 0.547. The first-order chi connectivity index (χ1) is 12.6. The van der Waals surface area contributed by atoms with Crippen molar-refractivity contribution >= 4 is 35.2 Å². The van der Waals surface area contributed by atoms with Crippen molar-refractivity contribution in [1.82, 2.24) is 9.80 Å². The second-order valence-electron chi connectivity index (χ2n) is 6.61. The van der Waals surface area contributed by atoms with Crippen LogP contribution in [0.25, 0.3) is 0 Å². The molecule has 0 spiro atoms. The van der Waals surface area contributed by atoms with Gasteiger partial charge in [0.1, 0.15) is 6.10 Å². The molecule has 0 aromatic heterocycles. The summed E-state index contributed by atoms with van der Waals surface area (Å²) < 4.78 is 5.47. The summed E-state index contributed by atoms with van der Waals surface area (Å²) in [7, 11) is 0. The van der Waals surface area contributed by atoms with E-state index in [9.17, 15) is 9.59 Å². The molecule has 0 radical (unpaired) electrons. The number of carbonyl (C=O) groups excluding carboxylic acids is 2. The van der Waals surface area contributed by atoms with Crippen LogP contribution >= 0.6 is 23.4 Å². The van der Waals surface area contributed by atoms with E-state index in [2.05, 4.69) is 0 Å². The van der Waals surface area contributed by atoms with Crippen molar-refractivity contribution in [3.05, 3.63) is 29.3 Å². The Kier molecular flexibility index (Phi) is 7.23. The molecule has 2 saturated heterocycles. The number of piperazine rings is 1. The van der Waals surface area contributed by atoms with Gasteiger partial charge in [-0.05, 0) is 49.3 Å². The van der Waals surface area contributed by atoms with Crippen LogP contribution in [-0.2, 0) is 14.3 Å². The van der Waals surface area contributed by atoms with Crippen molar-refractivity contribution in [3.63, 3.8) is 0 Å². The number of rotatable bonds is 6. The third-order valence-corrected chi connectivity index (χ3v) is 6.12. The molecule has 0 saturated carbocycles. The summed E-state index contributed by atoms with van der Waals surface area (Å²) in [5, 5.41) is 0.738. The van der Waals surface area contributed by atoms with Gasteiger partial charge in [0, 0.05) is 49.1 Å². The number of ether oxygens (including phenoxy) is 1. The Hall–Kier alpha value is -1.24. The highest BCUT2D eigenvalue weighted by molar-refractivity contribution is 7.99. The van der Waals surface area contributed by atoms with Crippen LogP contribution in [0.5, 0.6) is 0 Å². The molecule has 0 bridgehead atoms. The molecule has 2 aliphatic rings. The Balaban J connectivity index is 1.33. The fourth-order valence-electron chi connectivity index (χ4n) is 3.25. The Morgan fingerprint density at radius 1 is 1.12 bits per heavy atom. The van der Waals surface area contributed by atoms with Crippen LogP contribution in [0, 0.1) is 0 Å². The summed E-state index contributed by atoms with van der Waals surface area (Å²) in [6.07, 6.45) is 2.93. The highest BCUT2D eigenvalue weighted by Gasteiger charge is 2.31. The smallest absolute Gasteiger partial charge is 0.251 e. The van der Waals surface area contributed by atoms with Crippen LogP contribution in [0.4, 0.5) is 0 Å². The molecule has 2 aliphatic heterocycles. The molecule has 1 aromatic carbocycles. The molecule has 5 nitrogen and oxygen atoms in total. The predicted octanol–water partition coefficient (Wildman–Crippen LogP) is 3.06. The zero-order valence-corrected chi connectivity index (χ0v) is 16.4. The van der Waals surface area contributed by atoms with E-state index in [0.29, 0.717) is 39.2 Å². The first-order valence-electron chi connectivity index (χ1n) is 9.20. The van der Waals surface area contributed by atoms with Gasteiger partial charge in [-0.25, -0.2) is 0 Å². The number of benzene rings is 1. The van der Waals surface area contributed by atoms with Crippen LogP contribution in [-0.4, -0.2) is 66.3 Å². The van der Waals surface area contributed by atoms with Gasteiger partial charge in [-0.1, -0.05) is 11.6 Å². The molecule has 2 fully saturated rings. The Bertz CT molecular complexity index is 612. The zero-order valence-electron chi connectivity index (χ0n) is 14.9. The first kappa shape index (κ1) is 19.5. The molecule has 1 unspecified atom stereocenters. The number of halogens is 1. The van der Waals surface area contributed by atoms with Gasteiger partial charge in [0.25, 0.3) is 5.91 Å². The van der Waals surface area contributed by atoms with Crippen molar-refractivity contribution < 1.29 is 14.3 Å². The number of carbonyl (C=O) groups is 2. The van der Waals surface area contributed by atoms with Gasteiger partial charge in [-0.15, -0.1) is 11.8 Å². The van der Waals surface area contributed by atoms with E-state index in [-0.39, 0.29) is 17.9 Å². The fourth-order valence-corrected chi connectivity index (χ4v) is 4.23. The second kappa shape index (κ2) is 9.62. The summed E-state index contributed by atoms with van der Waals surface area (Å²) in [5.41, 5.74) is 0. The highest BCUT2D eigenvalue weighted by atomic mass is 35.5. The van der Waals surface area contributed by atoms with Crippen LogP contribution in [0.1, 0.15) is 25.7 Å². The molecule has 1 aromatic rings. The number of thioether (sulfide) groups is 1. The largest absolute Gasteiger partial charge is 0.368 e. The van der Waals surface area contributed by atoms with Crippen LogP contribution < -0.4 is 0 Å². The monoisotopic (exact) mass is 396 g/mol. The van der Waals surface area contributed by atoms with Gasteiger partial charge in [-0.2, -0.15) is 0 Å². The SMILES string of the molecule is O=C(CCCSc1ccc(Cl)cc1)N1CCN(C(=O)C2CCCO2)CC1. The minimum Gasteiger partial charge on any atom is -0.368 e. The van der Waals surface area contributed by atoms with Crippen LogP contribution in [0.3, 0.4) is 0 Å². The second-order valence-corrected chi connectivity index (χ2v) is 8.22. The van der Waals surface area contributed by atoms with Gasteiger partial charge >= 0.3 is 0 Å². The normalized spacial score (nSPS) is 20.4. The Labute approximate surface area is 164 Å². The first-order valence-corrected chi connectivity index (χ1v) is 10.6. The van der Waals surface area contributed by atoms with Crippen molar-refractivity contribution in [2.45, 2.75) is 36.7 Å². The molecule has 26 heavy (non-hydrogen) atoms. The third-order valence-electron chi connectivity index (χ3n) is 4.77. The lowest BCUT2D eigenvalue weighted by Gasteiger charge is -2.35. The van der Waals surface area contributed by atoms with E-state index in [4.69, 9.17) is 16.3 Å². The van der Waals surface area contributed by atoms with E-state index in [0.717, 1.165) is 30.0 Å². The van der Waals surface area contributed by atoms with Gasteiger partial charge in [0.15, 0.2) is 0 Å². The van der Waals surface area contributed by atoms with E-state index in [1.807, 2.05) is 34.1 Å². The van der Waals surface area contributed by atoms with E-state index >= 15 is 0 Å². The Morgan fingerprint density at radius 3 is 2.46 bits per heavy atom. The molecular weight excluding hydrogens is 372 g/mol. The van der Waals surface area contributed by atoms with E-state index in [1.54, 1.807) is 11.8 Å². The fraction of sp³-hybridized carbons (Fsp3) is 0.579. The van der Waals surface area contributed by atoms with E-state index < -0.39 is 0 Å². The molecule has 142 valence electrons. The van der Waals surface area contributed by atoms with E-state index in [1.165, 1.54) is 4.90 Å². The van der Waals surface area contributed by atoms with Crippen molar-refractivity contribution in [2.24, 2.45) is 0 Å². The molecule has 2 heterocycles. The molecule has 7 heteroatoms. The lowest BCUT2D eigenvalue weighted by Crippen LogP contribution is -2.52. The molecule has 0 N–H and O–H groups in total. The average molecular weight is 397 g/mol. The molecule has 3 rings (SSSR count). The summed E-state index contributed by atoms with van der Waals surface area (Å²) in [6.45, 7) is 3.17. The average Bonchev–Trinajstić information content (AvgIpc) is 3.21. The maximum atomic E-state index is 12.4. The standard InChI is InChI=1S/C19H25ClN2O3S/c20-15-5-7-16(8-6-15)26-14-2-4-18(23)21-9-11-22(12-10-21)19(24)17-3-1-13-25-17/h5-8,17H,1-4,9-14H2. The van der Waals surface area contributed by atoms with Crippen molar-refractivity contribution in [3.8, 4) is 0 Å². The minimum atomic E-state index is -0.262. The minimum absolute atomic E-state index is 0.0916. The summed E-state index contributed by atoms with van der Waals surface area (Å²) in [6, 6.07) is 7.76. The zero-order chi connectivity index (χ0) is 18.4. The highest BCUT2D eigenvalue weighted by Crippen LogP contribution is 2.22. The van der Waals surface area contributed by atoms with Crippen molar-refractivity contribution in [1.29, 1.82) is 0 Å². The van der Waals surface area contributed by atoms with Crippen LogP contribution in [0.15, 0.2) is 29.2 Å². The number of hydrogen-bond donors (Lipinski definition) is 0. The maximum Gasteiger partial charge on any atom is 0.251 e. The summed E-state index contributed by atoms with van der Waals surface area (Å²) in [4.78, 5) is 29.6. The lowest BCUT2D eigenvalue weighted by atomic mass is 10.2. The van der Waals surface area contributed by atoms with Gasteiger partial charge in [-0.3, -0.25) is 9.59 Å². The Morgan fingerprint density at radius 2 is 1.81 bits per heavy atom. The van der Waals surface area contributed by atoms with Gasteiger partial charge < -0.3 is 14.5 Å². The number of hydrogen-bond acceptors (Lipinski definition) is 4. The molecule has 2 amide bonds. The molecule has 1 atom stereocenters. The molecular formula is C19H25ClN2O3S. The number of amides is 2. The predicted molar refractivity (Wildman–Crippen MR) is 104 cm³/mol. The summed E-state index contributed by atoms with van der Waals surface area (Å²) >= 11 is 7.62. The summed E-state index contributed by atoms with van der Waals surface area (Å²) in [5.74, 6) is 1.19. The van der Waals surface area contributed by atoms with Gasteiger partial charge in [0.05, 0.1) is 0 Å². The third kappa shape index (κ3) is 5.38. The lowest BCUT2D eigenvalue weighted by molar-refractivity contribution is -0.146. The maximum absolute atomic E-state index is 12.4. The van der Waals surface area contributed by atoms with Crippen molar-refractivity contribution in [2.75, 3.05) is 38.5 Å². The van der Waals surface area contributed by atoms with Crippen LogP contribution in [0.2, 0.25) is 5.02 Å².